The molecule has 2 amide bonds. The second kappa shape index (κ2) is 6.59. The van der Waals surface area contributed by atoms with E-state index >= 15 is 0 Å². The van der Waals surface area contributed by atoms with Crippen LogP contribution in [0.5, 0.6) is 0 Å². The van der Waals surface area contributed by atoms with Crippen LogP contribution in [0.15, 0.2) is 47.4 Å². The number of rotatable bonds is 3. The molecule has 0 spiro atoms. The predicted molar refractivity (Wildman–Crippen MR) is 97.2 cm³/mol. The van der Waals surface area contributed by atoms with Crippen molar-refractivity contribution in [3.05, 3.63) is 42.5 Å². The molecule has 0 radical (unpaired) electrons. The number of benzene rings is 2. The van der Waals surface area contributed by atoms with Gasteiger partial charge >= 0.3 is 0 Å². The van der Waals surface area contributed by atoms with Crippen LogP contribution in [0.3, 0.4) is 0 Å². The second-order valence-electron chi connectivity index (χ2n) is 6.66. The highest BCUT2D eigenvalue weighted by Crippen LogP contribution is 2.25. The molecule has 0 saturated carbocycles. The van der Waals surface area contributed by atoms with Crippen molar-refractivity contribution in [2.75, 3.05) is 26.2 Å². The molecule has 2 aliphatic rings. The highest BCUT2D eigenvalue weighted by atomic mass is 32.2. The molecule has 2 atom stereocenters. The maximum Gasteiger partial charge on any atom is 0.248 e. The fourth-order valence-corrected chi connectivity index (χ4v) is 5.07. The number of sulfonamides is 1. The molecule has 2 N–H and O–H groups in total. The topological polar surface area (TPSA) is 107 Å². The Morgan fingerprint density at radius 3 is 2.56 bits per heavy atom. The summed E-state index contributed by atoms with van der Waals surface area (Å²) in [5.41, 5.74) is 0. The Hall–Kier alpha value is -2.49. The molecular weight excluding hydrogens is 370 g/mol. The zero-order valence-electron chi connectivity index (χ0n) is 14.4. The Bertz CT molecular complexity index is 1020. The van der Waals surface area contributed by atoms with Gasteiger partial charge in [0.2, 0.25) is 21.8 Å². The molecule has 142 valence electrons. The number of aliphatic hydroxyl groups is 1. The molecule has 0 aliphatic carbocycles. The minimum absolute atomic E-state index is 0.100. The SMILES string of the molecule is O=C1N[C@H](CO)C(=O)N2CCN(S(=O)(=O)c3ccc4ccccc4c3)C[C@H]12. The third-order valence-corrected chi connectivity index (χ3v) is 6.95. The lowest BCUT2D eigenvalue weighted by Crippen LogP contribution is -2.70. The number of carbonyl (C=O) groups is 2. The van der Waals surface area contributed by atoms with Gasteiger partial charge in [0.25, 0.3) is 0 Å². The maximum absolute atomic E-state index is 13.1. The molecule has 27 heavy (non-hydrogen) atoms. The summed E-state index contributed by atoms with van der Waals surface area (Å²) in [4.78, 5) is 26.1. The predicted octanol–water partition coefficient (Wildman–Crippen LogP) is -0.468. The molecule has 8 nitrogen and oxygen atoms in total. The second-order valence-corrected chi connectivity index (χ2v) is 8.60. The highest BCUT2D eigenvalue weighted by molar-refractivity contribution is 7.89. The first-order valence-electron chi connectivity index (χ1n) is 8.62. The number of amides is 2. The minimum Gasteiger partial charge on any atom is -0.394 e. The lowest BCUT2D eigenvalue weighted by atomic mass is 10.1. The molecule has 4 rings (SSSR count). The normalized spacial score (nSPS) is 24.0. The monoisotopic (exact) mass is 389 g/mol. The first-order valence-corrected chi connectivity index (χ1v) is 10.1. The highest BCUT2D eigenvalue weighted by Gasteiger charge is 2.45. The van der Waals surface area contributed by atoms with Crippen LogP contribution in [0.25, 0.3) is 10.8 Å². The Morgan fingerprint density at radius 1 is 1.07 bits per heavy atom. The summed E-state index contributed by atoms with van der Waals surface area (Å²) in [5, 5.41) is 13.4. The van der Waals surface area contributed by atoms with Crippen LogP contribution in [-0.4, -0.2) is 72.9 Å². The van der Waals surface area contributed by atoms with Crippen LogP contribution in [0.4, 0.5) is 0 Å². The van der Waals surface area contributed by atoms with E-state index in [1.807, 2.05) is 24.3 Å². The third-order valence-electron chi connectivity index (χ3n) is 5.08. The Balaban J connectivity index is 1.62. The van der Waals surface area contributed by atoms with Gasteiger partial charge in [0.1, 0.15) is 12.1 Å². The molecule has 2 aromatic carbocycles. The van der Waals surface area contributed by atoms with Crippen molar-refractivity contribution < 1.29 is 23.1 Å². The van der Waals surface area contributed by atoms with E-state index in [4.69, 9.17) is 0 Å². The van der Waals surface area contributed by atoms with E-state index in [1.165, 1.54) is 9.21 Å². The zero-order valence-corrected chi connectivity index (χ0v) is 15.2. The summed E-state index contributed by atoms with van der Waals surface area (Å²) in [6.45, 7) is -0.374. The van der Waals surface area contributed by atoms with E-state index < -0.39 is 34.6 Å². The number of hydrogen-bond acceptors (Lipinski definition) is 5. The van der Waals surface area contributed by atoms with Crippen molar-refractivity contribution >= 4 is 32.6 Å². The van der Waals surface area contributed by atoms with Gasteiger partial charge in [-0.1, -0.05) is 30.3 Å². The van der Waals surface area contributed by atoms with Crippen LogP contribution < -0.4 is 5.32 Å². The molecule has 0 bridgehead atoms. The average Bonchev–Trinajstić information content (AvgIpc) is 2.69. The number of aliphatic hydroxyl groups excluding tert-OH is 1. The molecule has 2 fully saturated rings. The molecule has 9 heteroatoms. The van der Waals surface area contributed by atoms with Crippen LogP contribution in [0.1, 0.15) is 0 Å². The number of nitrogens with zero attached hydrogens (tertiary/aromatic N) is 2. The van der Waals surface area contributed by atoms with E-state index in [1.54, 1.807) is 18.2 Å². The number of nitrogens with one attached hydrogen (secondary N) is 1. The quantitative estimate of drug-likeness (QED) is 0.738. The summed E-state index contributed by atoms with van der Waals surface area (Å²) >= 11 is 0. The third kappa shape index (κ3) is 2.97. The molecule has 2 saturated heterocycles. The van der Waals surface area contributed by atoms with Gasteiger partial charge in [-0.2, -0.15) is 4.31 Å². The van der Waals surface area contributed by atoms with Gasteiger partial charge in [-0.15, -0.1) is 0 Å². The van der Waals surface area contributed by atoms with Gasteiger partial charge in [-0.25, -0.2) is 8.42 Å². The summed E-state index contributed by atoms with van der Waals surface area (Å²) in [7, 11) is -3.80. The van der Waals surface area contributed by atoms with Gasteiger partial charge in [-0.3, -0.25) is 9.59 Å². The molecule has 0 unspecified atom stereocenters. The summed E-state index contributed by atoms with van der Waals surface area (Å²) < 4.78 is 27.4. The zero-order chi connectivity index (χ0) is 19.2. The van der Waals surface area contributed by atoms with Gasteiger partial charge < -0.3 is 15.3 Å². The first-order chi connectivity index (χ1) is 12.9. The lowest BCUT2D eigenvalue weighted by Gasteiger charge is -2.44. The standard InChI is InChI=1S/C18H19N3O5S/c22-11-15-18(24)21-8-7-20(10-16(21)17(23)19-15)27(25,26)14-6-5-12-3-1-2-4-13(12)9-14/h1-6,9,15-16,22H,7-8,10-11H2,(H,19,23)/t15-,16-/m1/s1. The fraction of sp³-hybridized carbons (Fsp3) is 0.333. The van der Waals surface area contributed by atoms with Gasteiger partial charge in [0.05, 0.1) is 11.5 Å². The Kier molecular flexibility index (Phi) is 4.37. The van der Waals surface area contributed by atoms with Crippen LogP contribution >= 0.6 is 0 Å². The van der Waals surface area contributed by atoms with Gasteiger partial charge in [0.15, 0.2) is 0 Å². The van der Waals surface area contributed by atoms with E-state index in [9.17, 15) is 23.1 Å². The molecule has 2 aliphatic heterocycles. The van der Waals surface area contributed by atoms with Crippen LogP contribution in [0.2, 0.25) is 0 Å². The summed E-state index contributed by atoms with van der Waals surface area (Å²) in [5.74, 6) is -0.836. The van der Waals surface area contributed by atoms with Gasteiger partial charge in [0, 0.05) is 19.6 Å². The van der Waals surface area contributed by atoms with Crippen LogP contribution in [0, 0.1) is 0 Å². The van der Waals surface area contributed by atoms with Crippen molar-refractivity contribution in [3.8, 4) is 0 Å². The molecular formula is C18H19N3O5S. The fourth-order valence-electron chi connectivity index (χ4n) is 3.59. The van der Waals surface area contributed by atoms with E-state index in [0.29, 0.717) is 0 Å². The number of piperazine rings is 2. The van der Waals surface area contributed by atoms with Crippen molar-refractivity contribution in [2.24, 2.45) is 0 Å². The summed E-state index contributed by atoms with van der Waals surface area (Å²) in [6, 6.07) is 10.5. The number of hydrogen-bond donors (Lipinski definition) is 2. The number of carbonyl (C=O) groups excluding carboxylic acids is 2. The lowest BCUT2D eigenvalue weighted by molar-refractivity contribution is -0.152. The average molecular weight is 389 g/mol. The van der Waals surface area contributed by atoms with E-state index in [2.05, 4.69) is 5.32 Å². The minimum atomic E-state index is -3.80. The van der Waals surface area contributed by atoms with Crippen molar-refractivity contribution in [1.82, 2.24) is 14.5 Å². The van der Waals surface area contributed by atoms with Crippen molar-refractivity contribution in [1.29, 1.82) is 0 Å². The maximum atomic E-state index is 13.1. The first kappa shape index (κ1) is 17.9. The molecule has 2 aromatic rings. The Labute approximate surface area is 156 Å². The van der Waals surface area contributed by atoms with Crippen molar-refractivity contribution in [2.45, 2.75) is 17.0 Å². The van der Waals surface area contributed by atoms with Crippen molar-refractivity contribution in [3.63, 3.8) is 0 Å². The smallest absolute Gasteiger partial charge is 0.248 e. The molecule has 2 heterocycles. The van der Waals surface area contributed by atoms with E-state index in [0.717, 1.165) is 10.8 Å². The Morgan fingerprint density at radius 2 is 1.81 bits per heavy atom. The summed E-state index contributed by atoms with van der Waals surface area (Å²) in [6.07, 6.45) is 0. The van der Waals surface area contributed by atoms with E-state index in [-0.39, 0.29) is 30.4 Å². The number of fused-ring (bicyclic) bond motifs is 2. The van der Waals surface area contributed by atoms with Crippen LogP contribution in [-0.2, 0) is 19.6 Å². The molecule has 0 aromatic heterocycles. The largest absolute Gasteiger partial charge is 0.394 e. The van der Waals surface area contributed by atoms with Gasteiger partial charge in [-0.05, 0) is 22.9 Å².